The molecule has 7 nitrogen and oxygen atoms in total. The molecule has 0 aromatic heterocycles. The lowest BCUT2D eigenvalue weighted by Crippen LogP contribution is -2.35. The number of carbonyl (C=O) groups is 2. The van der Waals surface area contributed by atoms with E-state index in [4.69, 9.17) is 21.1 Å². The highest BCUT2D eigenvalue weighted by Gasteiger charge is 2.47. The van der Waals surface area contributed by atoms with Gasteiger partial charge in [0.25, 0.3) is 11.7 Å². The second-order valence-corrected chi connectivity index (χ2v) is 8.02. The molecule has 1 aliphatic heterocycles. The van der Waals surface area contributed by atoms with Crippen LogP contribution >= 0.6 is 11.6 Å². The molecule has 0 radical (unpaired) electrons. The van der Waals surface area contributed by atoms with Crippen LogP contribution < -0.4 is 9.47 Å². The van der Waals surface area contributed by atoms with Gasteiger partial charge in [-0.2, -0.15) is 0 Å². The third kappa shape index (κ3) is 4.59. The number of hydrogen-bond acceptors (Lipinski definition) is 6. The molecule has 1 amide bonds. The minimum atomic E-state index is -0.821. The van der Waals surface area contributed by atoms with Gasteiger partial charge in [-0.05, 0) is 45.3 Å². The highest BCUT2D eigenvalue weighted by molar-refractivity contribution is 6.47. The molecule has 0 saturated carbocycles. The van der Waals surface area contributed by atoms with E-state index < -0.39 is 17.7 Å². The van der Waals surface area contributed by atoms with Crippen LogP contribution in [-0.2, 0) is 9.59 Å². The Kier molecular flexibility index (Phi) is 7.43. The van der Waals surface area contributed by atoms with Crippen LogP contribution in [0.3, 0.4) is 0 Å². The highest BCUT2D eigenvalue weighted by atomic mass is 35.5. The zero-order chi connectivity index (χ0) is 23.4. The van der Waals surface area contributed by atoms with Gasteiger partial charge in [-0.25, -0.2) is 0 Å². The number of hydrogen-bond donors (Lipinski definition) is 1. The number of likely N-dealkylation sites (tertiary alicyclic amines) is 1. The number of methoxy groups -OCH3 is 1. The van der Waals surface area contributed by atoms with Crippen LogP contribution in [0.4, 0.5) is 0 Å². The number of Topliss-reactive ketones (excluding diaryl/α,β-unsaturated/α-hetero) is 1. The zero-order valence-electron chi connectivity index (χ0n) is 18.6. The summed E-state index contributed by atoms with van der Waals surface area (Å²) in [6.45, 7) is 3.10. The van der Waals surface area contributed by atoms with Crippen molar-refractivity contribution in [2.24, 2.45) is 0 Å². The molecule has 1 aliphatic rings. The van der Waals surface area contributed by atoms with E-state index in [1.54, 1.807) is 42.5 Å². The normalized spacial score (nSPS) is 17.8. The molecular formula is C24H27ClN2O5. The third-order valence-electron chi connectivity index (χ3n) is 5.27. The van der Waals surface area contributed by atoms with Gasteiger partial charge in [-0.15, -0.1) is 0 Å². The first kappa shape index (κ1) is 23.6. The van der Waals surface area contributed by atoms with E-state index in [2.05, 4.69) is 0 Å². The number of para-hydroxylation sites is 1. The van der Waals surface area contributed by atoms with Crippen LogP contribution in [0.25, 0.3) is 5.76 Å². The van der Waals surface area contributed by atoms with Crippen LogP contribution in [-0.4, -0.2) is 67.5 Å². The fraction of sp³-hybridized carbons (Fsp3) is 0.333. The summed E-state index contributed by atoms with van der Waals surface area (Å²) in [6, 6.07) is 11.1. The van der Waals surface area contributed by atoms with Crippen LogP contribution in [0.1, 0.15) is 24.1 Å². The number of carbonyl (C=O) groups excluding carboxylic acids is 2. The Bertz CT molecular complexity index is 1050. The molecule has 2 aromatic rings. The fourth-order valence-electron chi connectivity index (χ4n) is 3.72. The quantitative estimate of drug-likeness (QED) is 0.369. The van der Waals surface area contributed by atoms with E-state index in [0.29, 0.717) is 36.8 Å². The lowest BCUT2D eigenvalue weighted by molar-refractivity contribution is -0.140. The predicted molar refractivity (Wildman–Crippen MR) is 123 cm³/mol. The van der Waals surface area contributed by atoms with Gasteiger partial charge in [0.2, 0.25) is 0 Å². The molecular weight excluding hydrogens is 432 g/mol. The molecule has 1 fully saturated rings. The largest absolute Gasteiger partial charge is 0.507 e. The van der Waals surface area contributed by atoms with Crippen molar-refractivity contribution in [3.8, 4) is 11.5 Å². The zero-order valence-corrected chi connectivity index (χ0v) is 19.3. The molecule has 170 valence electrons. The first-order chi connectivity index (χ1) is 15.3. The third-order valence-corrected chi connectivity index (χ3v) is 5.60. The first-order valence-electron chi connectivity index (χ1n) is 10.3. The van der Waals surface area contributed by atoms with Crippen molar-refractivity contribution < 1.29 is 24.2 Å². The number of likely N-dealkylation sites (N-methyl/N-ethyl adjacent to an activating group) is 1. The number of amides is 1. The molecule has 1 N–H and O–H groups in total. The van der Waals surface area contributed by atoms with Gasteiger partial charge < -0.3 is 24.4 Å². The van der Waals surface area contributed by atoms with Crippen molar-refractivity contribution in [1.29, 1.82) is 0 Å². The number of benzene rings is 2. The van der Waals surface area contributed by atoms with Crippen molar-refractivity contribution in [2.45, 2.75) is 13.0 Å². The minimum absolute atomic E-state index is 0.0335. The standard InChI is InChI=1S/C24H27ClN2O5/c1-5-32-15-10-11-18(25)17(14-15)22(28)20-21(16-8-6-7-9-19(16)31-4)27(13-12-26(2)3)24(30)23(20)29/h6-11,14,21,28H,5,12-13H2,1-4H3/b22-20+. The second kappa shape index (κ2) is 10.1. The van der Waals surface area contributed by atoms with E-state index in [-0.39, 0.29) is 21.9 Å². The summed E-state index contributed by atoms with van der Waals surface area (Å²) in [6.07, 6.45) is 0. The van der Waals surface area contributed by atoms with Crippen LogP contribution in [0.5, 0.6) is 11.5 Å². The SMILES string of the molecule is CCOc1ccc(Cl)c(/C(O)=C2\C(=O)C(=O)N(CCN(C)C)C2c2ccccc2OC)c1. The fourth-order valence-corrected chi connectivity index (χ4v) is 3.93. The summed E-state index contributed by atoms with van der Waals surface area (Å²) in [5.41, 5.74) is 0.795. The summed E-state index contributed by atoms with van der Waals surface area (Å²) in [7, 11) is 5.29. The molecule has 1 unspecified atom stereocenters. The van der Waals surface area contributed by atoms with Gasteiger partial charge in [0, 0.05) is 24.2 Å². The number of ether oxygens (including phenoxy) is 2. The van der Waals surface area contributed by atoms with Crippen molar-refractivity contribution in [2.75, 3.05) is 40.9 Å². The second-order valence-electron chi connectivity index (χ2n) is 7.61. The first-order valence-corrected chi connectivity index (χ1v) is 10.7. The van der Waals surface area contributed by atoms with Gasteiger partial charge >= 0.3 is 0 Å². The maximum Gasteiger partial charge on any atom is 0.295 e. The highest BCUT2D eigenvalue weighted by Crippen LogP contribution is 2.43. The molecule has 1 heterocycles. The van der Waals surface area contributed by atoms with E-state index in [9.17, 15) is 14.7 Å². The minimum Gasteiger partial charge on any atom is -0.507 e. The van der Waals surface area contributed by atoms with E-state index >= 15 is 0 Å². The van der Waals surface area contributed by atoms with E-state index in [1.165, 1.54) is 12.0 Å². The number of aliphatic hydroxyl groups excluding tert-OH is 1. The molecule has 0 spiro atoms. The average molecular weight is 459 g/mol. The topological polar surface area (TPSA) is 79.3 Å². The van der Waals surface area contributed by atoms with Crippen molar-refractivity contribution in [1.82, 2.24) is 9.80 Å². The van der Waals surface area contributed by atoms with E-state index in [1.807, 2.05) is 25.9 Å². The molecule has 8 heteroatoms. The smallest absolute Gasteiger partial charge is 0.295 e. The predicted octanol–water partition coefficient (Wildman–Crippen LogP) is 3.73. The Balaban J connectivity index is 2.22. The summed E-state index contributed by atoms with van der Waals surface area (Å²) < 4.78 is 11.0. The average Bonchev–Trinajstić information content (AvgIpc) is 3.03. The molecule has 3 rings (SSSR count). The number of halogens is 1. The lowest BCUT2D eigenvalue weighted by Gasteiger charge is -2.27. The van der Waals surface area contributed by atoms with Crippen molar-refractivity contribution in [3.05, 3.63) is 64.2 Å². The van der Waals surface area contributed by atoms with Gasteiger partial charge in [0.05, 0.1) is 30.4 Å². The van der Waals surface area contributed by atoms with Crippen LogP contribution in [0.15, 0.2) is 48.0 Å². The summed E-state index contributed by atoms with van der Waals surface area (Å²) >= 11 is 6.35. The molecule has 0 bridgehead atoms. The van der Waals surface area contributed by atoms with E-state index in [0.717, 1.165) is 0 Å². The van der Waals surface area contributed by atoms with Gasteiger partial charge in [0.15, 0.2) is 0 Å². The Hall–Kier alpha value is -3.03. The Labute approximate surface area is 192 Å². The lowest BCUT2D eigenvalue weighted by atomic mass is 9.94. The van der Waals surface area contributed by atoms with Gasteiger partial charge in [0.1, 0.15) is 17.3 Å². The van der Waals surface area contributed by atoms with Crippen LogP contribution in [0, 0.1) is 0 Å². The maximum absolute atomic E-state index is 13.1. The Morgan fingerprint density at radius 2 is 1.91 bits per heavy atom. The Morgan fingerprint density at radius 1 is 1.19 bits per heavy atom. The molecule has 2 aromatic carbocycles. The maximum atomic E-state index is 13.1. The molecule has 1 atom stereocenters. The number of nitrogens with zero attached hydrogens (tertiary/aromatic N) is 2. The number of aliphatic hydroxyl groups is 1. The summed E-state index contributed by atoms with van der Waals surface area (Å²) in [4.78, 5) is 29.5. The molecule has 1 saturated heterocycles. The molecule has 32 heavy (non-hydrogen) atoms. The van der Waals surface area contributed by atoms with Crippen molar-refractivity contribution in [3.63, 3.8) is 0 Å². The van der Waals surface area contributed by atoms with Crippen LogP contribution in [0.2, 0.25) is 5.02 Å². The van der Waals surface area contributed by atoms with Gasteiger partial charge in [-0.1, -0.05) is 29.8 Å². The summed E-state index contributed by atoms with van der Waals surface area (Å²) in [5, 5.41) is 11.5. The Morgan fingerprint density at radius 3 is 2.56 bits per heavy atom. The summed E-state index contributed by atoms with van der Waals surface area (Å²) in [5.74, 6) is -0.793. The number of ketones is 1. The monoisotopic (exact) mass is 458 g/mol. The van der Waals surface area contributed by atoms with Gasteiger partial charge in [-0.3, -0.25) is 9.59 Å². The molecule has 0 aliphatic carbocycles. The number of rotatable bonds is 8. The van der Waals surface area contributed by atoms with Crippen molar-refractivity contribution >= 4 is 29.1 Å².